The van der Waals surface area contributed by atoms with Gasteiger partial charge in [-0.1, -0.05) is 12.1 Å². The predicted molar refractivity (Wildman–Crippen MR) is 91.3 cm³/mol. The monoisotopic (exact) mass is 357 g/mol. The molecule has 9 heteroatoms. The minimum absolute atomic E-state index is 0.0455. The normalized spacial score (nSPS) is 11.2. The quantitative estimate of drug-likeness (QED) is 0.687. The lowest BCUT2D eigenvalue weighted by atomic mass is 10.2. The van der Waals surface area contributed by atoms with E-state index in [4.69, 9.17) is 5.73 Å². The van der Waals surface area contributed by atoms with Crippen molar-refractivity contribution in [1.29, 1.82) is 0 Å². The predicted octanol–water partition coefficient (Wildman–Crippen LogP) is 1.23. The maximum absolute atomic E-state index is 12.4. The van der Waals surface area contributed by atoms with Crippen molar-refractivity contribution in [3.63, 3.8) is 0 Å². The molecule has 0 radical (unpaired) electrons. The van der Waals surface area contributed by atoms with Crippen molar-refractivity contribution in [2.45, 2.75) is 11.4 Å². The van der Waals surface area contributed by atoms with Crippen LogP contribution in [-0.4, -0.2) is 29.1 Å². The number of nitrogens with one attached hydrogen (secondary N) is 1. The fourth-order valence-corrected chi connectivity index (χ4v) is 3.25. The van der Waals surface area contributed by atoms with E-state index in [1.54, 1.807) is 35.3 Å². The van der Waals surface area contributed by atoms with Gasteiger partial charge in [0.2, 0.25) is 5.91 Å². The van der Waals surface area contributed by atoms with E-state index in [0.29, 0.717) is 12.2 Å². The number of primary amides is 1. The van der Waals surface area contributed by atoms with Crippen molar-refractivity contribution in [1.82, 2.24) is 14.8 Å². The summed E-state index contributed by atoms with van der Waals surface area (Å²) in [5, 5.41) is 4.01. The van der Waals surface area contributed by atoms with E-state index in [9.17, 15) is 13.2 Å². The van der Waals surface area contributed by atoms with Crippen molar-refractivity contribution < 1.29 is 13.2 Å². The van der Waals surface area contributed by atoms with Crippen LogP contribution in [0.25, 0.3) is 0 Å². The summed E-state index contributed by atoms with van der Waals surface area (Å²) in [6, 6.07) is 12.4. The van der Waals surface area contributed by atoms with Crippen molar-refractivity contribution in [2.75, 3.05) is 4.72 Å². The summed E-state index contributed by atoms with van der Waals surface area (Å²) >= 11 is 0. The van der Waals surface area contributed by atoms with Gasteiger partial charge in [0, 0.05) is 11.3 Å². The molecule has 0 saturated carbocycles. The number of nitrogens with zero attached hydrogens (tertiary/aromatic N) is 3. The van der Waals surface area contributed by atoms with Crippen LogP contribution in [0.4, 0.5) is 5.69 Å². The number of rotatable bonds is 6. The fourth-order valence-electron chi connectivity index (χ4n) is 2.19. The van der Waals surface area contributed by atoms with Gasteiger partial charge in [0.1, 0.15) is 12.7 Å². The molecule has 1 heterocycles. The number of anilines is 1. The molecule has 8 nitrogen and oxygen atoms in total. The Kier molecular flexibility index (Phi) is 4.48. The number of hydrogen-bond acceptors (Lipinski definition) is 5. The van der Waals surface area contributed by atoms with Crippen molar-refractivity contribution in [2.24, 2.45) is 5.73 Å². The molecule has 0 fully saturated rings. The molecule has 2 aromatic carbocycles. The van der Waals surface area contributed by atoms with Gasteiger partial charge < -0.3 is 5.73 Å². The molecule has 3 aromatic rings. The smallest absolute Gasteiger partial charge is 0.261 e. The average Bonchev–Trinajstić information content (AvgIpc) is 3.09. The molecule has 3 rings (SSSR count). The molecule has 0 spiro atoms. The molecule has 0 atom stereocenters. The second-order valence-corrected chi connectivity index (χ2v) is 6.97. The number of carbonyl (C=O) groups is 1. The van der Waals surface area contributed by atoms with Gasteiger partial charge in [-0.2, -0.15) is 5.10 Å². The Hall–Kier alpha value is -3.20. The summed E-state index contributed by atoms with van der Waals surface area (Å²) in [6.45, 7) is 0.543. The molecule has 128 valence electrons. The van der Waals surface area contributed by atoms with E-state index in [1.165, 1.54) is 30.6 Å². The molecule has 3 N–H and O–H groups in total. The first-order valence-corrected chi connectivity index (χ1v) is 8.76. The molecule has 0 aliphatic rings. The van der Waals surface area contributed by atoms with Crippen molar-refractivity contribution in [3.05, 3.63) is 72.3 Å². The van der Waals surface area contributed by atoms with Crippen LogP contribution in [0.15, 0.2) is 66.1 Å². The number of amides is 1. The molecule has 1 aromatic heterocycles. The Morgan fingerprint density at radius 1 is 1.08 bits per heavy atom. The first kappa shape index (κ1) is 16.7. The molecule has 0 aliphatic carbocycles. The van der Waals surface area contributed by atoms with Crippen LogP contribution >= 0.6 is 0 Å². The van der Waals surface area contributed by atoms with E-state index < -0.39 is 15.9 Å². The first-order chi connectivity index (χ1) is 11.9. The number of hydrogen-bond donors (Lipinski definition) is 2. The molecule has 0 saturated heterocycles. The van der Waals surface area contributed by atoms with Crippen molar-refractivity contribution >= 4 is 21.6 Å². The second-order valence-electron chi connectivity index (χ2n) is 5.28. The minimum atomic E-state index is -3.75. The molecule has 1 amide bonds. The largest absolute Gasteiger partial charge is 0.366 e. The molecule has 0 unspecified atom stereocenters. The Morgan fingerprint density at radius 2 is 1.76 bits per heavy atom. The zero-order chi connectivity index (χ0) is 17.9. The van der Waals surface area contributed by atoms with Gasteiger partial charge in [0.25, 0.3) is 10.0 Å². The highest BCUT2D eigenvalue weighted by Gasteiger charge is 2.14. The Morgan fingerprint density at radius 3 is 2.32 bits per heavy atom. The van der Waals surface area contributed by atoms with Crippen LogP contribution in [0.5, 0.6) is 0 Å². The molecular formula is C16H15N5O3S. The third kappa shape index (κ3) is 4.01. The Balaban J connectivity index is 1.73. The third-order valence-corrected chi connectivity index (χ3v) is 4.86. The summed E-state index contributed by atoms with van der Waals surface area (Å²) in [5.41, 5.74) is 6.78. The molecular weight excluding hydrogens is 342 g/mol. The lowest BCUT2D eigenvalue weighted by Crippen LogP contribution is -2.14. The van der Waals surface area contributed by atoms with E-state index in [0.717, 1.165) is 5.56 Å². The molecule has 25 heavy (non-hydrogen) atoms. The summed E-state index contributed by atoms with van der Waals surface area (Å²) in [5.74, 6) is -0.611. The van der Waals surface area contributed by atoms with Crippen LogP contribution in [0, 0.1) is 0 Å². The minimum Gasteiger partial charge on any atom is -0.366 e. The van der Waals surface area contributed by atoms with Gasteiger partial charge in [0.15, 0.2) is 0 Å². The van der Waals surface area contributed by atoms with Crippen LogP contribution in [0.3, 0.4) is 0 Å². The fraction of sp³-hybridized carbons (Fsp3) is 0.0625. The SMILES string of the molecule is NC(=O)c1ccc(S(=O)(=O)Nc2ccc(Cn3cncn3)cc2)cc1. The van der Waals surface area contributed by atoms with Crippen molar-refractivity contribution in [3.8, 4) is 0 Å². The van der Waals surface area contributed by atoms with Gasteiger partial charge in [-0.15, -0.1) is 0 Å². The summed E-state index contributed by atoms with van der Waals surface area (Å²) in [6.07, 6.45) is 3.05. The molecule has 0 bridgehead atoms. The highest BCUT2D eigenvalue weighted by Crippen LogP contribution is 2.17. The summed E-state index contributed by atoms with van der Waals surface area (Å²) in [4.78, 5) is 15.0. The third-order valence-electron chi connectivity index (χ3n) is 3.47. The number of nitrogens with two attached hydrogens (primary N) is 1. The highest BCUT2D eigenvalue weighted by molar-refractivity contribution is 7.92. The topological polar surface area (TPSA) is 120 Å². The van der Waals surface area contributed by atoms with Crippen LogP contribution in [-0.2, 0) is 16.6 Å². The number of benzene rings is 2. The van der Waals surface area contributed by atoms with Crippen LogP contribution in [0.1, 0.15) is 15.9 Å². The highest BCUT2D eigenvalue weighted by atomic mass is 32.2. The van der Waals surface area contributed by atoms with Gasteiger partial charge in [-0.25, -0.2) is 18.1 Å². The van der Waals surface area contributed by atoms with E-state index in [2.05, 4.69) is 14.8 Å². The zero-order valence-electron chi connectivity index (χ0n) is 13.0. The number of sulfonamides is 1. The Labute approximate surface area is 144 Å². The maximum Gasteiger partial charge on any atom is 0.261 e. The Bertz CT molecular complexity index is 966. The second kappa shape index (κ2) is 6.73. The zero-order valence-corrected chi connectivity index (χ0v) is 13.8. The molecule has 0 aliphatic heterocycles. The van der Waals surface area contributed by atoms with Crippen LogP contribution < -0.4 is 10.5 Å². The number of aromatic nitrogens is 3. The van der Waals surface area contributed by atoms with Gasteiger partial charge in [0.05, 0.1) is 11.4 Å². The number of carbonyl (C=O) groups excluding carboxylic acids is 1. The maximum atomic E-state index is 12.4. The van der Waals surface area contributed by atoms with Crippen LogP contribution in [0.2, 0.25) is 0 Å². The standard InChI is InChI=1S/C16H15N5O3S/c17-16(22)13-3-7-15(8-4-13)25(23,24)20-14-5-1-12(2-6-14)9-21-11-18-10-19-21/h1-8,10-11,20H,9H2,(H2,17,22). The lowest BCUT2D eigenvalue weighted by molar-refractivity contribution is 0.1000. The average molecular weight is 357 g/mol. The van der Waals surface area contributed by atoms with E-state index >= 15 is 0 Å². The summed E-state index contributed by atoms with van der Waals surface area (Å²) < 4.78 is 28.9. The summed E-state index contributed by atoms with van der Waals surface area (Å²) in [7, 11) is -3.75. The van der Waals surface area contributed by atoms with E-state index in [-0.39, 0.29) is 10.5 Å². The van der Waals surface area contributed by atoms with Gasteiger partial charge >= 0.3 is 0 Å². The van der Waals surface area contributed by atoms with Gasteiger partial charge in [-0.3, -0.25) is 9.52 Å². The van der Waals surface area contributed by atoms with Gasteiger partial charge in [-0.05, 0) is 42.0 Å². The lowest BCUT2D eigenvalue weighted by Gasteiger charge is -2.09. The van der Waals surface area contributed by atoms with E-state index in [1.807, 2.05) is 0 Å². The first-order valence-electron chi connectivity index (χ1n) is 7.28.